The van der Waals surface area contributed by atoms with E-state index in [2.05, 4.69) is 0 Å². The van der Waals surface area contributed by atoms with Crippen LogP contribution in [0.1, 0.15) is 23.2 Å². The molecule has 4 nitrogen and oxygen atoms in total. The first-order chi connectivity index (χ1) is 8.10. The lowest BCUT2D eigenvalue weighted by atomic mass is 10.2. The monoisotopic (exact) mass is 253 g/mol. The molecule has 1 aromatic rings. The van der Waals surface area contributed by atoms with Crippen LogP contribution in [-0.2, 0) is 0 Å². The van der Waals surface area contributed by atoms with Crippen molar-refractivity contribution in [3.63, 3.8) is 0 Å². The van der Waals surface area contributed by atoms with Gasteiger partial charge in [-0.3, -0.25) is 0 Å². The summed E-state index contributed by atoms with van der Waals surface area (Å²) in [5.74, 6) is -0.287. The molecule has 0 bridgehead atoms. The third kappa shape index (κ3) is 3.06. The van der Waals surface area contributed by atoms with Gasteiger partial charge in [0, 0.05) is 19.4 Å². The van der Waals surface area contributed by atoms with Crippen molar-refractivity contribution in [1.29, 1.82) is 0 Å². The van der Waals surface area contributed by atoms with Gasteiger partial charge >= 0.3 is 5.97 Å². The van der Waals surface area contributed by atoms with Gasteiger partial charge in [0.1, 0.15) is 5.75 Å². The molecular formula is C12H15NO3S. The van der Waals surface area contributed by atoms with Crippen LogP contribution in [0.15, 0.2) is 18.2 Å². The number of anilines is 1. The maximum atomic E-state index is 11.0. The Morgan fingerprint density at radius 1 is 1.47 bits per heavy atom. The van der Waals surface area contributed by atoms with Crippen LogP contribution in [0.3, 0.4) is 0 Å². The molecule has 2 rings (SSSR count). The number of benzene rings is 1. The predicted octanol–water partition coefficient (Wildman–Crippen LogP) is 2.64. The highest BCUT2D eigenvalue weighted by Crippen LogP contribution is 2.31. The highest BCUT2D eigenvalue weighted by molar-refractivity contribution is 7.99. The van der Waals surface area contributed by atoms with E-state index in [0.717, 1.165) is 18.5 Å². The summed E-state index contributed by atoms with van der Waals surface area (Å²) in [6.45, 7) is 0. The van der Waals surface area contributed by atoms with E-state index in [1.165, 1.54) is 11.9 Å². The normalized spacial score (nSPS) is 14.5. The first kappa shape index (κ1) is 12.1. The van der Waals surface area contributed by atoms with Gasteiger partial charge in [0.25, 0.3) is 0 Å². The summed E-state index contributed by atoms with van der Waals surface area (Å²) >= 11 is 1.53. The number of carboxylic acids is 1. The van der Waals surface area contributed by atoms with Gasteiger partial charge in [0.05, 0.1) is 17.4 Å². The maximum Gasteiger partial charge on any atom is 0.335 e. The zero-order chi connectivity index (χ0) is 12.4. The van der Waals surface area contributed by atoms with Gasteiger partial charge in [-0.15, -0.1) is 0 Å². The number of hydrogen-bond donors (Lipinski definition) is 1. The van der Waals surface area contributed by atoms with Crippen molar-refractivity contribution in [2.75, 3.05) is 17.6 Å². The van der Waals surface area contributed by atoms with Gasteiger partial charge in [-0.25, -0.2) is 4.79 Å². The molecule has 0 spiro atoms. The number of ether oxygens (including phenoxy) is 1. The van der Waals surface area contributed by atoms with Crippen LogP contribution >= 0.6 is 11.9 Å². The van der Waals surface area contributed by atoms with Crippen molar-refractivity contribution in [3.8, 4) is 5.75 Å². The molecule has 17 heavy (non-hydrogen) atoms. The topological polar surface area (TPSA) is 49.8 Å². The van der Waals surface area contributed by atoms with Crippen LogP contribution in [0.4, 0.5) is 5.69 Å². The Morgan fingerprint density at radius 2 is 2.18 bits per heavy atom. The Labute approximate surface area is 105 Å². The van der Waals surface area contributed by atoms with Gasteiger partial charge in [0.2, 0.25) is 0 Å². The number of hydrogen-bond acceptors (Lipinski definition) is 4. The highest BCUT2D eigenvalue weighted by Gasteiger charge is 2.24. The summed E-state index contributed by atoms with van der Waals surface area (Å²) in [5, 5.41) is 9.06. The molecule has 0 atom stereocenters. The SMILES string of the molecule is CSN(C)c1cc(OC2CC2)cc(C(=O)O)c1. The van der Waals surface area contributed by atoms with E-state index in [1.807, 2.05) is 23.7 Å². The third-order valence-corrected chi connectivity index (χ3v) is 3.36. The minimum atomic E-state index is -0.929. The van der Waals surface area contributed by atoms with E-state index >= 15 is 0 Å². The molecule has 0 unspecified atom stereocenters. The second kappa shape index (κ2) is 4.87. The van der Waals surface area contributed by atoms with E-state index in [4.69, 9.17) is 9.84 Å². The number of aromatic carboxylic acids is 1. The van der Waals surface area contributed by atoms with Crippen molar-refractivity contribution in [1.82, 2.24) is 0 Å². The van der Waals surface area contributed by atoms with Crippen molar-refractivity contribution >= 4 is 23.6 Å². The van der Waals surface area contributed by atoms with E-state index in [9.17, 15) is 4.79 Å². The van der Waals surface area contributed by atoms with Crippen LogP contribution < -0.4 is 9.04 Å². The zero-order valence-electron chi connectivity index (χ0n) is 9.84. The zero-order valence-corrected chi connectivity index (χ0v) is 10.7. The fraction of sp³-hybridized carbons (Fsp3) is 0.417. The van der Waals surface area contributed by atoms with Crippen LogP contribution in [0.2, 0.25) is 0 Å². The molecule has 0 saturated heterocycles. The van der Waals surface area contributed by atoms with Gasteiger partial charge < -0.3 is 14.1 Å². The van der Waals surface area contributed by atoms with E-state index in [-0.39, 0.29) is 11.7 Å². The summed E-state index contributed by atoms with van der Waals surface area (Å²) < 4.78 is 7.56. The standard InChI is InChI=1S/C12H15NO3S/c1-13(17-2)9-5-8(12(14)15)6-11(7-9)16-10-3-4-10/h5-7,10H,3-4H2,1-2H3,(H,14,15). The van der Waals surface area contributed by atoms with E-state index < -0.39 is 5.97 Å². The molecule has 1 aromatic carbocycles. The molecular weight excluding hydrogens is 238 g/mol. The molecule has 0 aromatic heterocycles. The summed E-state index contributed by atoms with van der Waals surface area (Å²) in [4.78, 5) is 11.0. The summed E-state index contributed by atoms with van der Waals surface area (Å²) in [5.41, 5.74) is 1.10. The smallest absolute Gasteiger partial charge is 0.335 e. The van der Waals surface area contributed by atoms with Crippen LogP contribution in [0.5, 0.6) is 5.75 Å². The quantitative estimate of drug-likeness (QED) is 0.817. The Balaban J connectivity index is 2.30. The maximum absolute atomic E-state index is 11.0. The molecule has 1 fully saturated rings. The molecule has 1 aliphatic rings. The second-order valence-corrected chi connectivity index (χ2v) is 4.93. The second-order valence-electron chi connectivity index (χ2n) is 4.02. The van der Waals surface area contributed by atoms with Crippen LogP contribution in [0, 0.1) is 0 Å². The van der Waals surface area contributed by atoms with Gasteiger partial charge in [-0.05, 0) is 25.0 Å². The molecule has 0 amide bonds. The molecule has 0 aliphatic heterocycles. The van der Waals surface area contributed by atoms with Crippen molar-refractivity contribution < 1.29 is 14.6 Å². The fourth-order valence-electron chi connectivity index (χ4n) is 1.44. The fourth-order valence-corrected chi connectivity index (χ4v) is 1.76. The Morgan fingerprint density at radius 3 is 2.71 bits per heavy atom. The van der Waals surface area contributed by atoms with Crippen molar-refractivity contribution in [2.24, 2.45) is 0 Å². The van der Waals surface area contributed by atoms with Crippen molar-refractivity contribution in [3.05, 3.63) is 23.8 Å². The highest BCUT2D eigenvalue weighted by atomic mass is 32.2. The number of carboxylic acid groups (broad SMARTS) is 1. The minimum Gasteiger partial charge on any atom is -0.490 e. The Kier molecular flexibility index (Phi) is 3.47. The summed E-state index contributed by atoms with van der Waals surface area (Å²) in [6, 6.07) is 5.11. The predicted molar refractivity (Wildman–Crippen MR) is 69.0 cm³/mol. The molecule has 1 N–H and O–H groups in total. The molecule has 1 saturated carbocycles. The average Bonchev–Trinajstić information content (AvgIpc) is 3.11. The molecule has 92 valence electrons. The van der Waals surface area contributed by atoms with Crippen molar-refractivity contribution in [2.45, 2.75) is 18.9 Å². The lowest BCUT2D eigenvalue weighted by Gasteiger charge is -2.17. The lowest BCUT2D eigenvalue weighted by Crippen LogP contribution is -2.08. The third-order valence-electron chi connectivity index (χ3n) is 2.60. The summed E-state index contributed by atoms with van der Waals surface area (Å²) in [7, 11) is 1.90. The average molecular weight is 253 g/mol. The molecule has 1 aliphatic carbocycles. The Bertz CT molecular complexity index is 432. The minimum absolute atomic E-state index is 0.263. The molecule has 0 heterocycles. The molecule has 0 radical (unpaired) electrons. The van der Waals surface area contributed by atoms with Gasteiger partial charge in [-0.1, -0.05) is 11.9 Å². The van der Waals surface area contributed by atoms with E-state index in [1.54, 1.807) is 12.1 Å². The number of carbonyl (C=O) groups is 1. The van der Waals surface area contributed by atoms with Gasteiger partial charge in [-0.2, -0.15) is 0 Å². The van der Waals surface area contributed by atoms with Crippen LogP contribution in [-0.4, -0.2) is 30.5 Å². The largest absolute Gasteiger partial charge is 0.490 e. The van der Waals surface area contributed by atoms with E-state index in [0.29, 0.717) is 5.75 Å². The summed E-state index contributed by atoms with van der Waals surface area (Å²) in [6.07, 6.45) is 4.33. The first-order valence-corrected chi connectivity index (χ1v) is 6.61. The number of nitrogens with zero attached hydrogens (tertiary/aromatic N) is 1. The van der Waals surface area contributed by atoms with Gasteiger partial charge in [0.15, 0.2) is 0 Å². The molecule has 5 heteroatoms. The number of rotatable bonds is 5. The lowest BCUT2D eigenvalue weighted by molar-refractivity contribution is 0.0696. The Hall–Kier alpha value is -1.36. The van der Waals surface area contributed by atoms with Crippen LogP contribution in [0.25, 0.3) is 0 Å². The first-order valence-electron chi connectivity index (χ1n) is 5.43.